The van der Waals surface area contributed by atoms with E-state index < -0.39 is 59.9 Å². The van der Waals surface area contributed by atoms with Crippen LogP contribution in [0.1, 0.15) is 15.1 Å². The van der Waals surface area contributed by atoms with Gasteiger partial charge in [-0.2, -0.15) is 0 Å². The maximum atomic E-state index is 9.54. The molecular weight excluding hydrogens is 631 g/mol. The van der Waals surface area contributed by atoms with Gasteiger partial charge in [0, 0.05) is 47.6 Å². The fourth-order valence-corrected chi connectivity index (χ4v) is 7.07. The lowest BCUT2D eigenvalue weighted by Gasteiger charge is -2.09. The molecule has 10 aromatic rings. The third-order valence-electron chi connectivity index (χ3n) is 8.51. The standard InChI is InChI=1S/C45H27N3OS/c1-3-9-28(10-4-1)30-15-17-31(18-16-30)43-46-44(33-20-22-36-35-13-7-8-14-39(35)49-40(36)25-33)48-45(47-43)34-21-24-38-37-23-19-32(29-11-5-2-6-12-29)26-41(37)50-42(38)27-34/h1-27H/i2D,5D,6D,11D,12D,19D,21D,23D,24D,26D,27D. The summed E-state index contributed by atoms with van der Waals surface area (Å²) in [5.74, 6) is 0.410. The third-order valence-corrected chi connectivity index (χ3v) is 9.53. The Balaban J connectivity index is 1.20. The van der Waals surface area contributed by atoms with E-state index in [9.17, 15) is 5.48 Å². The van der Waals surface area contributed by atoms with Gasteiger partial charge < -0.3 is 4.42 Å². The van der Waals surface area contributed by atoms with Crippen molar-refractivity contribution in [2.75, 3.05) is 0 Å². The number of hydrogen-bond acceptors (Lipinski definition) is 5. The van der Waals surface area contributed by atoms with Crippen LogP contribution in [-0.2, 0) is 0 Å². The zero-order valence-corrected chi connectivity index (χ0v) is 26.7. The summed E-state index contributed by atoms with van der Waals surface area (Å²) in [7, 11) is 0. The number of nitrogens with zero attached hydrogens (tertiary/aromatic N) is 3. The first-order valence-electron chi connectivity index (χ1n) is 21.2. The normalized spacial score (nSPS) is 14.7. The van der Waals surface area contributed by atoms with Crippen LogP contribution in [0, 0.1) is 0 Å². The molecule has 5 heteroatoms. The van der Waals surface area contributed by atoms with Gasteiger partial charge in [0.05, 0.1) is 15.1 Å². The van der Waals surface area contributed by atoms with E-state index in [1.807, 2.05) is 97.1 Å². The zero-order chi connectivity index (χ0) is 42.6. The molecule has 234 valence electrons. The average Bonchev–Trinajstić information content (AvgIpc) is 3.87. The van der Waals surface area contributed by atoms with Gasteiger partial charge in [-0.3, -0.25) is 0 Å². The van der Waals surface area contributed by atoms with Crippen molar-refractivity contribution in [3.63, 3.8) is 0 Å². The predicted octanol–water partition coefficient (Wildman–Crippen LogP) is 12.5. The van der Waals surface area contributed by atoms with E-state index in [1.54, 1.807) is 0 Å². The highest BCUT2D eigenvalue weighted by Crippen LogP contribution is 2.39. The average molecular weight is 669 g/mol. The van der Waals surface area contributed by atoms with Gasteiger partial charge in [-0.1, -0.05) is 133 Å². The van der Waals surface area contributed by atoms with Crippen LogP contribution in [0.5, 0.6) is 0 Å². The zero-order valence-electron chi connectivity index (χ0n) is 36.9. The van der Waals surface area contributed by atoms with E-state index in [4.69, 9.17) is 29.0 Å². The quantitative estimate of drug-likeness (QED) is 0.183. The summed E-state index contributed by atoms with van der Waals surface area (Å²) in [6.07, 6.45) is 0. The Morgan fingerprint density at radius 3 is 1.78 bits per heavy atom. The highest BCUT2D eigenvalue weighted by molar-refractivity contribution is 7.25. The third kappa shape index (κ3) is 4.95. The fraction of sp³-hybridized carbons (Fsp3) is 0. The van der Waals surface area contributed by atoms with Crippen LogP contribution in [0.4, 0.5) is 0 Å². The van der Waals surface area contributed by atoms with E-state index >= 15 is 0 Å². The molecule has 0 saturated heterocycles. The van der Waals surface area contributed by atoms with Crippen LogP contribution in [0.25, 0.3) is 98.5 Å². The van der Waals surface area contributed by atoms with Gasteiger partial charge in [0.1, 0.15) is 11.2 Å². The smallest absolute Gasteiger partial charge is 0.164 e. The molecule has 7 aromatic carbocycles. The second-order valence-electron chi connectivity index (χ2n) is 11.6. The first-order valence-corrected chi connectivity index (χ1v) is 16.5. The molecule has 0 amide bonds. The Labute approximate surface area is 307 Å². The van der Waals surface area contributed by atoms with Crippen LogP contribution in [0.2, 0.25) is 0 Å². The van der Waals surface area contributed by atoms with Gasteiger partial charge in [0.2, 0.25) is 0 Å². The minimum Gasteiger partial charge on any atom is -0.456 e. The minimum absolute atomic E-state index is 0.0136. The molecule has 0 spiro atoms. The van der Waals surface area contributed by atoms with Crippen LogP contribution in [0.15, 0.2) is 168 Å². The van der Waals surface area contributed by atoms with Gasteiger partial charge in [0.25, 0.3) is 0 Å². The van der Waals surface area contributed by atoms with Crippen molar-refractivity contribution in [1.29, 1.82) is 0 Å². The first kappa shape index (κ1) is 19.5. The number of thiophene rings is 1. The molecule has 0 N–H and O–H groups in total. The van der Waals surface area contributed by atoms with E-state index in [-0.39, 0.29) is 60.9 Å². The molecule has 0 atom stereocenters. The molecule has 0 radical (unpaired) electrons. The van der Waals surface area contributed by atoms with Crippen molar-refractivity contribution in [2.45, 2.75) is 0 Å². The first-order chi connectivity index (χ1) is 29.3. The van der Waals surface area contributed by atoms with E-state index in [2.05, 4.69) is 0 Å². The monoisotopic (exact) mass is 668 g/mol. The van der Waals surface area contributed by atoms with Crippen LogP contribution >= 0.6 is 11.3 Å². The lowest BCUT2D eigenvalue weighted by Crippen LogP contribution is -2.00. The lowest BCUT2D eigenvalue weighted by molar-refractivity contribution is 0.669. The molecule has 50 heavy (non-hydrogen) atoms. The summed E-state index contributed by atoms with van der Waals surface area (Å²) in [4.78, 5) is 14.5. The van der Waals surface area contributed by atoms with Crippen molar-refractivity contribution in [2.24, 2.45) is 0 Å². The van der Waals surface area contributed by atoms with Gasteiger partial charge in [0.15, 0.2) is 17.5 Å². The number of aromatic nitrogens is 3. The van der Waals surface area contributed by atoms with Crippen LogP contribution in [0.3, 0.4) is 0 Å². The lowest BCUT2D eigenvalue weighted by atomic mass is 10.0. The Morgan fingerprint density at radius 1 is 0.420 bits per heavy atom. The maximum Gasteiger partial charge on any atom is 0.164 e. The summed E-state index contributed by atoms with van der Waals surface area (Å²) < 4.78 is 103. The molecule has 3 heterocycles. The maximum absolute atomic E-state index is 9.54. The van der Waals surface area contributed by atoms with Gasteiger partial charge in [-0.25, -0.2) is 15.0 Å². The largest absolute Gasteiger partial charge is 0.456 e. The Hall–Kier alpha value is -6.43. The summed E-state index contributed by atoms with van der Waals surface area (Å²) in [5, 5.41) is 1.84. The molecule has 0 saturated carbocycles. The molecule has 0 fully saturated rings. The minimum atomic E-state index is -0.649. The molecule has 10 rings (SSSR count). The summed E-state index contributed by atoms with van der Waals surface area (Å²) >= 11 is 0.887. The highest BCUT2D eigenvalue weighted by Gasteiger charge is 2.16. The SMILES string of the molecule is [2H]c1c([2H])c([2H])c(-c2c([2H])c([2H])c3c(sc4c([2H])c(-c5nc(-c6ccc(-c7ccccc7)cc6)nc(-c6ccc7c(c6)oc6ccccc67)n5)c([2H])c([2H])c43)c2[2H])c([2H])c1[2H]. The Kier molecular flexibility index (Phi) is 4.54. The second kappa shape index (κ2) is 11.6. The number of para-hydroxylation sites is 1. The molecule has 0 aliphatic rings. The Morgan fingerprint density at radius 2 is 1.00 bits per heavy atom. The molecule has 0 bridgehead atoms. The number of benzene rings is 7. The van der Waals surface area contributed by atoms with Crippen molar-refractivity contribution in [1.82, 2.24) is 15.0 Å². The number of hydrogen-bond donors (Lipinski definition) is 0. The number of furan rings is 1. The summed E-state index contributed by atoms with van der Waals surface area (Å²) in [6, 6.07) is 25.1. The second-order valence-corrected chi connectivity index (χ2v) is 12.6. The van der Waals surface area contributed by atoms with Crippen molar-refractivity contribution >= 4 is 53.4 Å². The van der Waals surface area contributed by atoms with Crippen molar-refractivity contribution in [3.8, 4) is 56.4 Å². The van der Waals surface area contributed by atoms with Gasteiger partial charge in [-0.15, -0.1) is 11.3 Å². The molecular formula is C45H27N3OS. The predicted molar refractivity (Wildman–Crippen MR) is 207 cm³/mol. The van der Waals surface area contributed by atoms with Gasteiger partial charge >= 0.3 is 0 Å². The molecule has 3 aromatic heterocycles. The van der Waals surface area contributed by atoms with E-state index in [0.717, 1.165) is 33.2 Å². The number of rotatable bonds is 5. The highest BCUT2D eigenvalue weighted by atomic mass is 32.1. The Bertz CT molecular complexity index is 3470. The van der Waals surface area contributed by atoms with Crippen LogP contribution < -0.4 is 0 Å². The van der Waals surface area contributed by atoms with E-state index in [1.165, 1.54) is 0 Å². The van der Waals surface area contributed by atoms with Crippen molar-refractivity contribution in [3.05, 3.63) is 164 Å². The molecule has 4 nitrogen and oxygen atoms in total. The topological polar surface area (TPSA) is 51.8 Å². The summed E-state index contributed by atoms with van der Waals surface area (Å²) in [6.45, 7) is 0. The molecule has 0 aliphatic carbocycles. The number of fused-ring (bicyclic) bond motifs is 6. The van der Waals surface area contributed by atoms with Crippen LogP contribution in [-0.4, -0.2) is 15.0 Å². The fourth-order valence-electron chi connectivity index (χ4n) is 6.05. The molecule has 0 aliphatic heterocycles. The van der Waals surface area contributed by atoms with Gasteiger partial charge in [-0.05, 0) is 52.5 Å². The van der Waals surface area contributed by atoms with Crippen molar-refractivity contribution < 1.29 is 19.5 Å². The summed E-state index contributed by atoms with van der Waals surface area (Å²) in [5.41, 5.74) is 3.69. The molecule has 0 unspecified atom stereocenters. The van der Waals surface area contributed by atoms with E-state index in [0.29, 0.717) is 22.3 Å².